The third-order valence-electron chi connectivity index (χ3n) is 3.20. The minimum atomic E-state index is -0.945. The van der Waals surface area contributed by atoms with Gasteiger partial charge >= 0.3 is 5.97 Å². The summed E-state index contributed by atoms with van der Waals surface area (Å²) in [6.45, 7) is 3.60. The van der Waals surface area contributed by atoms with Gasteiger partial charge in [0.05, 0.1) is 12.2 Å². The predicted octanol–water partition coefficient (Wildman–Crippen LogP) is 2.96. The van der Waals surface area contributed by atoms with Gasteiger partial charge in [-0.1, -0.05) is 24.6 Å². The summed E-state index contributed by atoms with van der Waals surface area (Å²) in [5.74, 6) is -1.78. The zero-order valence-electron chi connectivity index (χ0n) is 11.9. The second-order valence-electron chi connectivity index (χ2n) is 4.97. The van der Waals surface area contributed by atoms with Gasteiger partial charge in [0, 0.05) is 12.2 Å². The number of aryl methyl sites for hydroxylation is 1. The Morgan fingerprint density at radius 3 is 2.43 bits per heavy atom. The molecule has 5 nitrogen and oxygen atoms in total. The molecule has 21 heavy (non-hydrogen) atoms. The lowest BCUT2D eigenvalue weighted by Crippen LogP contribution is -2.36. The van der Waals surface area contributed by atoms with Crippen molar-refractivity contribution in [3.8, 4) is 0 Å². The summed E-state index contributed by atoms with van der Waals surface area (Å²) in [6, 6.07) is 10.5. The first-order valence-corrected chi connectivity index (χ1v) is 6.64. The molecule has 2 rings (SSSR count). The summed E-state index contributed by atoms with van der Waals surface area (Å²) in [7, 11) is 0. The molecule has 0 fully saturated rings. The molecule has 1 N–H and O–H groups in total. The van der Waals surface area contributed by atoms with E-state index < -0.39 is 11.9 Å². The highest BCUT2D eigenvalue weighted by atomic mass is 16.4. The molecule has 1 amide bonds. The summed E-state index contributed by atoms with van der Waals surface area (Å²) in [4.78, 5) is 25.0. The Kier molecular flexibility index (Phi) is 4.42. The average Bonchev–Trinajstić information content (AvgIpc) is 2.99. The van der Waals surface area contributed by atoms with Crippen molar-refractivity contribution in [3.05, 3.63) is 54.0 Å². The highest BCUT2D eigenvalue weighted by molar-refractivity contribution is 6.04. The Morgan fingerprint density at radius 2 is 1.90 bits per heavy atom. The van der Waals surface area contributed by atoms with Crippen molar-refractivity contribution < 1.29 is 19.1 Å². The van der Waals surface area contributed by atoms with Crippen LogP contribution in [-0.4, -0.2) is 23.5 Å². The highest BCUT2D eigenvalue weighted by Gasteiger charge is 2.24. The van der Waals surface area contributed by atoms with Crippen LogP contribution in [0.15, 0.2) is 47.1 Å². The molecule has 1 aromatic heterocycles. The number of carboxylic acids is 1. The van der Waals surface area contributed by atoms with E-state index in [1.54, 1.807) is 31.2 Å². The first-order chi connectivity index (χ1) is 9.99. The van der Waals surface area contributed by atoms with Gasteiger partial charge in [-0.25, -0.2) is 0 Å². The molecule has 0 saturated heterocycles. The number of benzene rings is 1. The number of hydrogen-bond donors (Lipinski definition) is 1. The van der Waals surface area contributed by atoms with Crippen molar-refractivity contribution in [2.24, 2.45) is 5.92 Å². The Morgan fingerprint density at radius 1 is 1.24 bits per heavy atom. The first kappa shape index (κ1) is 14.8. The maximum atomic E-state index is 12.5. The van der Waals surface area contributed by atoms with E-state index in [4.69, 9.17) is 9.52 Å². The van der Waals surface area contributed by atoms with Crippen molar-refractivity contribution in [3.63, 3.8) is 0 Å². The van der Waals surface area contributed by atoms with Gasteiger partial charge in [-0.3, -0.25) is 9.59 Å². The van der Waals surface area contributed by atoms with Crippen molar-refractivity contribution in [1.29, 1.82) is 0 Å². The van der Waals surface area contributed by atoms with Gasteiger partial charge in [-0.05, 0) is 31.2 Å². The fourth-order valence-corrected chi connectivity index (χ4v) is 1.92. The molecule has 1 aromatic carbocycles. The Hall–Kier alpha value is -2.56. The molecule has 1 heterocycles. The molecule has 0 aliphatic rings. The largest absolute Gasteiger partial charge is 0.481 e. The van der Waals surface area contributed by atoms with Crippen LogP contribution in [0.4, 0.5) is 5.69 Å². The van der Waals surface area contributed by atoms with Gasteiger partial charge in [0.2, 0.25) is 0 Å². The van der Waals surface area contributed by atoms with Gasteiger partial charge in [-0.2, -0.15) is 0 Å². The van der Waals surface area contributed by atoms with Gasteiger partial charge in [0.15, 0.2) is 5.76 Å². The molecular weight excluding hydrogens is 270 g/mol. The number of anilines is 1. The molecule has 110 valence electrons. The van der Waals surface area contributed by atoms with Crippen molar-refractivity contribution in [2.45, 2.75) is 13.8 Å². The number of carboxylic acid groups (broad SMARTS) is 1. The van der Waals surface area contributed by atoms with E-state index in [9.17, 15) is 9.59 Å². The van der Waals surface area contributed by atoms with Gasteiger partial charge < -0.3 is 14.4 Å². The molecule has 0 saturated carbocycles. The molecule has 5 heteroatoms. The quantitative estimate of drug-likeness (QED) is 0.917. The molecule has 1 atom stereocenters. The lowest BCUT2D eigenvalue weighted by Gasteiger charge is -2.24. The fourth-order valence-electron chi connectivity index (χ4n) is 1.92. The van der Waals surface area contributed by atoms with Crippen molar-refractivity contribution in [1.82, 2.24) is 0 Å². The molecule has 0 radical (unpaired) electrons. The second kappa shape index (κ2) is 6.26. The number of amides is 1. The highest BCUT2D eigenvalue weighted by Crippen LogP contribution is 2.20. The van der Waals surface area contributed by atoms with E-state index in [2.05, 4.69) is 0 Å². The molecule has 2 aromatic rings. The van der Waals surface area contributed by atoms with Crippen LogP contribution in [0, 0.1) is 12.8 Å². The Balaban J connectivity index is 2.32. The molecule has 0 aliphatic carbocycles. The Bertz CT molecular complexity index is 616. The lowest BCUT2D eigenvalue weighted by molar-refractivity contribution is -0.140. The third kappa shape index (κ3) is 3.51. The van der Waals surface area contributed by atoms with Crippen molar-refractivity contribution >= 4 is 17.6 Å². The van der Waals surface area contributed by atoms with Crippen LogP contribution in [-0.2, 0) is 4.79 Å². The van der Waals surface area contributed by atoms with Crippen LogP contribution in [0.3, 0.4) is 0 Å². The summed E-state index contributed by atoms with van der Waals surface area (Å²) < 4.78 is 5.12. The molecule has 1 unspecified atom stereocenters. The predicted molar refractivity (Wildman–Crippen MR) is 78.4 cm³/mol. The van der Waals surface area contributed by atoms with Crippen LogP contribution in [0.25, 0.3) is 0 Å². The third-order valence-corrected chi connectivity index (χ3v) is 3.20. The van der Waals surface area contributed by atoms with E-state index >= 15 is 0 Å². The number of rotatable bonds is 5. The summed E-state index contributed by atoms with van der Waals surface area (Å²) >= 11 is 0. The fraction of sp³-hybridized carbons (Fsp3) is 0.250. The zero-order chi connectivity index (χ0) is 15.4. The van der Waals surface area contributed by atoms with Crippen LogP contribution in [0.1, 0.15) is 23.0 Å². The average molecular weight is 287 g/mol. The van der Waals surface area contributed by atoms with Gasteiger partial charge in [-0.15, -0.1) is 0 Å². The molecule has 0 aliphatic heterocycles. The maximum Gasteiger partial charge on any atom is 0.308 e. The van der Waals surface area contributed by atoms with E-state index in [1.165, 1.54) is 11.2 Å². The van der Waals surface area contributed by atoms with Crippen LogP contribution in [0.5, 0.6) is 0 Å². The normalized spacial score (nSPS) is 11.9. The number of hydrogen-bond acceptors (Lipinski definition) is 3. The summed E-state index contributed by atoms with van der Waals surface area (Å²) in [5.41, 5.74) is 1.71. The summed E-state index contributed by atoms with van der Waals surface area (Å²) in [6.07, 6.45) is 1.42. The maximum absolute atomic E-state index is 12.5. The smallest absolute Gasteiger partial charge is 0.308 e. The van der Waals surface area contributed by atoms with Crippen LogP contribution >= 0.6 is 0 Å². The minimum Gasteiger partial charge on any atom is -0.481 e. The summed E-state index contributed by atoms with van der Waals surface area (Å²) in [5, 5.41) is 9.07. The van der Waals surface area contributed by atoms with Crippen molar-refractivity contribution in [2.75, 3.05) is 11.4 Å². The number of carbonyl (C=O) groups is 2. The zero-order valence-corrected chi connectivity index (χ0v) is 11.9. The van der Waals surface area contributed by atoms with Crippen LogP contribution in [0.2, 0.25) is 0 Å². The second-order valence-corrected chi connectivity index (χ2v) is 4.97. The number of aliphatic carboxylic acids is 1. The van der Waals surface area contributed by atoms with E-state index in [0.717, 1.165) is 5.56 Å². The molecule has 0 bridgehead atoms. The molecular formula is C16H17NO4. The topological polar surface area (TPSA) is 70.8 Å². The Labute approximate surface area is 122 Å². The van der Waals surface area contributed by atoms with E-state index in [-0.39, 0.29) is 18.2 Å². The number of furan rings is 1. The number of nitrogens with zero attached hydrogens (tertiary/aromatic N) is 1. The monoisotopic (exact) mass is 287 g/mol. The van der Waals surface area contributed by atoms with Gasteiger partial charge in [0.1, 0.15) is 0 Å². The van der Waals surface area contributed by atoms with E-state index in [0.29, 0.717) is 5.69 Å². The lowest BCUT2D eigenvalue weighted by atomic mass is 10.1. The SMILES string of the molecule is Cc1ccc(N(CC(C)C(=O)O)C(=O)c2ccco2)cc1. The van der Waals surface area contributed by atoms with E-state index in [1.807, 2.05) is 19.1 Å². The number of carbonyl (C=O) groups excluding carboxylic acids is 1. The molecule has 0 spiro atoms. The first-order valence-electron chi connectivity index (χ1n) is 6.64. The van der Waals surface area contributed by atoms with Crippen LogP contribution < -0.4 is 4.90 Å². The minimum absolute atomic E-state index is 0.0813. The van der Waals surface area contributed by atoms with Gasteiger partial charge in [0.25, 0.3) is 5.91 Å². The standard InChI is InChI=1S/C16H17NO4/c1-11-5-7-13(8-6-11)17(10-12(2)16(19)20)15(18)14-4-3-9-21-14/h3-9,12H,10H2,1-2H3,(H,19,20).